The summed E-state index contributed by atoms with van der Waals surface area (Å²) in [4.78, 5) is 21.5. The van der Waals surface area contributed by atoms with Crippen molar-refractivity contribution in [2.75, 3.05) is 5.75 Å². The first-order valence-corrected chi connectivity index (χ1v) is 6.85. The minimum atomic E-state index is -1.19. The molecule has 21 heavy (non-hydrogen) atoms. The molecule has 116 valence electrons. The number of phenols is 2. The third-order valence-corrected chi connectivity index (χ3v) is 3.77. The Bertz CT molecular complexity index is 551. The van der Waals surface area contributed by atoms with Crippen molar-refractivity contribution in [2.24, 2.45) is 11.5 Å². The third-order valence-electron chi connectivity index (χ3n) is 2.62. The van der Waals surface area contributed by atoms with Gasteiger partial charge in [-0.3, -0.25) is 9.59 Å². The van der Waals surface area contributed by atoms with Crippen molar-refractivity contribution in [3.05, 3.63) is 17.7 Å². The van der Waals surface area contributed by atoms with Gasteiger partial charge in [0.2, 0.25) is 0 Å². The lowest BCUT2D eigenvalue weighted by atomic mass is 10.1. The van der Waals surface area contributed by atoms with Crippen molar-refractivity contribution in [3.8, 4) is 11.5 Å². The van der Waals surface area contributed by atoms with E-state index in [1.807, 2.05) is 0 Å². The SMILES string of the molecule is N[C@@H](CSc1cc(C[C@H](N)C(=O)O)cc(O)c1O)C(=O)O. The molecule has 9 heteroatoms. The monoisotopic (exact) mass is 316 g/mol. The number of aromatic hydroxyl groups is 2. The summed E-state index contributed by atoms with van der Waals surface area (Å²) in [6.07, 6.45) is -0.0400. The number of hydrogen-bond acceptors (Lipinski definition) is 7. The van der Waals surface area contributed by atoms with Crippen LogP contribution in [0.1, 0.15) is 5.56 Å². The summed E-state index contributed by atoms with van der Waals surface area (Å²) in [5, 5.41) is 36.8. The van der Waals surface area contributed by atoms with Crippen LogP contribution in [0.5, 0.6) is 11.5 Å². The zero-order valence-electron chi connectivity index (χ0n) is 10.9. The number of carbonyl (C=O) groups is 2. The molecular weight excluding hydrogens is 300 g/mol. The van der Waals surface area contributed by atoms with Gasteiger partial charge in [-0.05, 0) is 24.1 Å². The minimum Gasteiger partial charge on any atom is -0.504 e. The largest absolute Gasteiger partial charge is 0.504 e. The lowest BCUT2D eigenvalue weighted by Gasteiger charge is -2.12. The Morgan fingerprint density at radius 2 is 1.67 bits per heavy atom. The molecule has 8 nitrogen and oxygen atoms in total. The second-order valence-corrected chi connectivity index (χ2v) is 5.43. The molecule has 0 saturated heterocycles. The molecule has 0 unspecified atom stereocenters. The first-order chi connectivity index (χ1) is 9.72. The molecule has 2 atom stereocenters. The quantitative estimate of drug-likeness (QED) is 0.288. The van der Waals surface area contributed by atoms with E-state index in [9.17, 15) is 19.8 Å². The van der Waals surface area contributed by atoms with Gasteiger partial charge in [-0.25, -0.2) is 0 Å². The summed E-state index contributed by atoms with van der Waals surface area (Å²) in [5.41, 5.74) is 11.2. The van der Waals surface area contributed by atoms with Crippen LogP contribution in [0.15, 0.2) is 17.0 Å². The molecule has 0 aromatic heterocycles. The number of carboxylic acids is 2. The van der Waals surface area contributed by atoms with E-state index in [-0.39, 0.29) is 17.1 Å². The van der Waals surface area contributed by atoms with Gasteiger partial charge in [0.05, 0.1) is 4.90 Å². The second-order valence-electron chi connectivity index (χ2n) is 4.37. The third kappa shape index (κ3) is 4.81. The molecule has 0 spiro atoms. The fourth-order valence-corrected chi connectivity index (χ4v) is 2.45. The van der Waals surface area contributed by atoms with Crippen molar-refractivity contribution < 1.29 is 30.0 Å². The number of hydrogen-bond donors (Lipinski definition) is 6. The molecule has 0 bridgehead atoms. The van der Waals surface area contributed by atoms with Gasteiger partial charge in [0.1, 0.15) is 12.1 Å². The predicted molar refractivity (Wildman–Crippen MR) is 75.4 cm³/mol. The Labute approximate surface area is 124 Å². The molecule has 1 aromatic carbocycles. The second kappa shape index (κ2) is 7.16. The van der Waals surface area contributed by atoms with Crippen LogP contribution < -0.4 is 11.5 Å². The van der Waals surface area contributed by atoms with Crippen molar-refractivity contribution in [2.45, 2.75) is 23.4 Å². The summed E-state index contributed by atoms with van der Waals surface area (Å²) in [6.45, 7) is 0. The van der Waals surface area contributed by atoms with E-state index in [0.29, 0.717) is 5.56 Å². The number of nitrogens with two attached hydrogens (primary N) is 2. The zero-order chi connectivity index (χ0) is 16.2. The van der Waals surface area contributed by atoms with Crippen LogP contribution in [-0.4, -0.2) is 50.2 Å². The number of aliphatic carboxylic acids is 2. The maximum absolute atomic E-state index is 10.7. The van der Waals surface area contributed by atoms with E-state index in [2.05, 4.69) is 0 Å². The average Bonchev–Trinajstić information content (AvgIpc) is 2.40. The maximum Gasteiger partial charge on any atom is 0.321 e. The van der Waals surface area contributed by atoms with E-state index < -0.39 is 35.5 Å². The molecule has 0 radical (unpaired) electrons. The van der Waals surface area contributed by atoms with Gasteiger partial charge >= 0.3 is 11.9 Å². The lowest BCUT2D eigenvalue weighted by molar-refractivity contribution is -0.139. The van der Waals surface area contributed by atoms with Gasteiger partial charge < -0.3 is 31.9 Å². The molecular formula is C12H16N2O6S. The Kier molecular flexibility index (Phi) is 5.82. The summed E-state index contributed by atoms with van der Waals surface area (Å²) < 4.78 is 0. The van der Waals surface area contributed by atoms with Crippen LogP contribution >= 0.6 is 11.8 Å². The number of phenolic OH excluding ortho intramolecular Hbond substituents is 2. The highest BCUT2D eigenvalue weighted by molar-refractivity contribution is 7.99. The zero-order valence-corrected chi connectivity index (χ0v) is 11.7. The van der Waals surface area contributed by atoms with Gasteiger partial charge in [-0.1, -0.05) is 0 Å². The molecule has 8 N–H and O–H groups in total. The van der Waals surface area contributed by atoms with Crippen LogP contribution in [0.3, 0.4) is 0 Å². The van der Waals surface area contributed by atoms with Gasteiger partial charge in [0.25, 0.3) is 0 Å². The van der Waals surface area contributed by atoms with Crippen LogP contribution in [0, 0.1) is 0 Å². The summed E-state index contributed by atoms with van der Waals surface area (Å²) in [5.74, 6) is -3.24. The number of benzene rings is 1. The molecule has 0 saturated carbocycles. The molecule has 0 aliphatic carbocycles. The molecule has 1 rings (SSSR count). The van der Waals surface area contributed by atoms with E-state index in [4.69, 9.17) is 21.7 Å². The molecule has 0 amide bonds. The van der Waals surface area contributed by atoms with Crippen LogP contribution in [-0.2, 0) is 16.0 Å². The smallest absolute Gasteiger partial charge is 0.321 e. The Morgan fingerprint density at radius 3 is 2.19 bits per heavy atom. The predicted octanol–water partition coefficient (Wildman–Crippen LogP) is -0.444. The highest BCUT2D eigenvalue weighted by Gasteiger charge is 2.18. The van der Waals surface area contributed by atoms with Crippen molar-refractivity contribution in [3.63, 3.8) is 0 Å². The normalized spacial score (nSPS) is 13.6. The van der Waals surface area contributed by atoms with Gasteiger partial charge in [0, 0.05) is 5.75 Å². The first kappa shape index (κ1) is 17.1. The number of rotatable bonds is 7. The lowest BCUT2D eigenvalue weighted by Crippen LogP contribution is -2.32. The van der Waals surface area contributed by atoms with E-state index in [1.54, 1.807) is 0 Å². The summed E-state index contributed by atoms with van der Waals surface area (Å²) in [7, 11) is 0. The van der Waals surface area contributed by atoms with E-state index in [0.717, 1.165) is 11.8 Å². The van der Waals surface area contributed by atoms with Crippen LogP contribution in [0.25, 0.3) is 0 Å². The fraction of sp³-hybridized carbons (Fsp3) is 0.333. The van der Waals surface area contributed by atoms with Crippen molar-refractivity contribution in [1.29, 1.82) is 0 Å². The Morgan fingerprint density at radius 1 is 1.10 bits per heavy atom. The Balaban J connectivity index is 2.90. The average molecular weight is 316 g/mol. The van der Waals surface area contributed by atoms with Gasteiger partial charge in [-0.2, -0.15) is 0 Å². The van der Waals surface area contributed by atoms with Crippen LogP contribution in [0.2, 0.25) is 0 Å². The number of thioether (sulfide) groups is 1. The maximum atomic E-state index is 10.7. The summed E-state index contributed by atoms with van der Waals surface area (Å²) in [6, 6.07) is 0.380. The standard InChI is InChI=1S/C12H16N2O6S/c13-6(11(17)18)1-5-2-8(15)10(16)9(3-5)21-4-7(14)12(19)20/h2-3,6-7,15-16H,1,4,13-14H2,(H,17,18)(H,19,20)/t6-,7-/m0/s1. The van der Waals surface area contributed by atoms with Crippen LogP contribution in [0.4, 0.5) is 0 Å². The molecule has 0 aliphatic rings. The Hall–Kier alpha value is -1.97. The number of carboxylic acid groups (broad SMARTS) is 2. The highest BCUT2D eigenvalue weighted by atomic mass is 32.2. The van der Waals surface area contributed by atoms with Crippen molar-refractivity contribution in [1.82, 2.24) is 0 Å². The van der Waals surface area contributed by atoms with Gasteiger partial charge in [-0.15, -0.1) is 11.8 Å². The molecule has 1 aromatic rings. The molecule has 0 aliphatic heterocycles. The highest BCUT2D eigenvalue weighted by Crippen LogP contribution is 2.37. The van der Waals surface area contributed by atoms with E-state index >= 15 is 0 Å². The summed E-state index contributed by atoms with van der Waals surface area (Å²) >= 11 is 0.943. The molecule has 0 heterocycles. The first-order valence-electron chi connectivity index (χ1n) is 5.86. The van der Waals surface area contributed by atoms with Gasteiger partial charge in [0.15, 0.2) is 11.5 Å². The fourth-order valence-electron chi connectivity index (χ4n) is 1.47. The molecule has 0 fully saturated rings. The minimum absolute atomic E-state index is 0.0171. The van der Waals surface area contributed by atoms with E-state index in [1.165, 1.54) is 12.1 Å². The van der Waals surface area contributed by atoms with Crippen molar-refractivity contribution >= 4 is 23.7 Å². The topological polar surface area (TPSA) is 167 Å².